The van der Waals surface area contributed by atoms with Gasteiger partial charge in [0.2, 0.25) is 5.91 Å². The van der Waals surface area contributed by atoms with Gasteiger partial charge in [-0.2, -0.15) is 0 Å². The molecule has 1 atom stereocenters. The average molecular weight is 270 g/mol. The summed E-state index contributed by atoms with van der Waals surface area (Å²) in [5.74, 6) is -0.935. The molecular weight excluding hydrogens is 248 g/mol. The van der Waals surface area contributed by atoms with Crippen molar-refractivity contribution in [2.75, 3.05) is 26.3 Å². The number of aliphatic carboxylic acids is 1. The lowest BCUT2D eigenvalue weighted by atomic mass is 9.84. The molecule has 0 aromatic rings. The van der Waals surface area contributed by atoms with E-state index in [0.717, 1.165) is 0 Å². The number of ether oxygens (including phenoxy) is 1. The highest BCUT2D eigenvalue weighted by Gasteiger charge is 2.48. The summed E-state index contributed by atoms with van der Waals surface area (Å²) < 4.78 is 5.23. The quantitative estimate of drug-likeness (QED) is 0.764. The molecule has 2 aliphatic heterocycles. The molecule has 6 heteroatoms. The number of carboxylic acids is 1. The molecule has 2 rings (SSSR count). The van der Waals surface area contributed by atoms with Crippen molar-refractivity contribution in [3.8, 4) is 0 Å². The molecule has 0 spiro atoms. The first-order valence-electron chi connectivity index (χ1n) is 6.83. The second kappa shape index (κ2) is 5.09. The molecule has 0 aliphatic carbocycles. The van der Waals surface area contributed by atoms with Gasteiger partial charge < -0.3 is 20.5 Å². The molecular formula is C13H22N2O4. The van der Waals surface area contributed by atoms with Gasteiger partial charge in [-0.15, -0.1) is 0 Å². The second-order valence-corrected chi connectivity index (χ2v) is 5.68. The lowest BCUT2D eigenvalue weighted by molar-refractivity contribution is -0.149. The molecule has 108 valence electrons. The van der Waals surface area contributed by atoms with E-state index < -0.39 is 16.9 Å². The minimum atomic E-state index is -0.874. The summed E-state index contributed by atoms with van der Waals surface area (Å²) in [4.78, 5) is 25.5. The number of hydrogen-bond acceptors (Lipinski definition) is 4. The summed E-state index contributed by atoms with van der Waals surface area (Å²) in [6.07, 6.45) is 2.06. The highest BCUT2D eigenvalue weighted by atomic mass is 16.5. The van der Waals surface area contributed by atoms with Crippen LogP contribution in [0.25, 0.3) is 0 Å². The Balaban J connectivity index is 2.08. The molecule has 0 radical (unpaired) electrons. The molecule has 2 aliphatic rings. The van der Waals surface area contributed by atoms with E-state index >= 15 is 0 Å². The van der Waals surface area contributed by atoms with Crippen LogP contribution in [0.3, 0.4) is 0 Å². The van der Waals surface area contributed by atoms with Crippen molar-refractivity contribution in [3.63, 3.8) is 0 Å². The fraction of sp³-hybridized carbons (Fsp3) is 0.846. The van der Waals surface area contributed by atoms with Crippen LogP contribution >= 0.6 is 0 Å². The van der Waals surface area contributed by atoms with E-state index in [1.807, 2.05) is 6.92 Å². The van der Waals surface area contributed by atoms with Crippen molar-refractivity contribution in [1.29, 1.82) is 0 Å². The number of rotatable bonds is 3. The summed E-state index contributed by atoms with van der Waals surface area (Å²) in [5.41, 5.74) is 4.50. The van der Waals surface area contributed by atoms with E-state index in [0.29, 0.717) is 45.4 Å². The van der Waals surface area contributed by atoms with Crippen LogP contribution in [0.15, 0.2) is 0 Å². The van der Waals surface area contributed by atoms with Crippen molar-refractivity contribution < 1.29 is 19.4 Å². The van der Waals surface area contributed by atoms with Gasteiger partial charge in [0.1, 0.15) is 0 Å². The van der Waals surface area contributed by atoms with Gasteiger partial charge in [-0.1, -0.05) is 6.92 Å². The maximum Gasteiger partial charge on any atom is 0.311 e. The molecule has 3 N–H and O–H groups in total. The van der Waals surface area contributed by atoms with Crippen LogP contribution in [0.5, 0.6) is 0 Å². The third kappa shape index (κ3) is 2.47. The molecule has 0 aromatic carbocycles. The zero-order valence-corrected chi connectivity index (χ0v) is 11.4. The summed E-state index contributed by atoms with van der Waals surface area (Å²) in [5, 5.41) is 9.35. The standard InChI is InChI=1S/C13H22N2O4/c1-2-12(11(17)18)3-6-15(9-12)10(16)13(14)4-7-19-8-5-13/h2-9,14H2,1H3,(H,17,18). The minimum absolute atomic E-state index is 0.118. The van der Waals surface area contributed by atoms with Crippen LogP contribution in [-0.2, 0) is 14.3 Å². The summed E-state index contributed by atoms with van der Waals surface area (Å²) in [6.45, 7) is 3.60. The number of amides is 1. The Labute approximate surface area is 112 Å². The van der Waals surface area contributed by atoms with E-state index in [1.54, 1.807) is 4.90 Å². The van der Waals surface area contributed by atoms with Gasteiger partial charge >= 0.3 is 5.97 Å². The predicted molar refractivity (Wildman–Crippen MR) is 68.5 cm³/mol. The lowest BCUT2D eigenvalue weighted by Gasteiger charge is -2.35. The van der Waals surface area contributed by atoms with E-state index in [2.05, 4.69) is 0 Å². The number of carbonyl (C=O) groups excluding carboxylic acids is 1. The number of carbonyl (C=O) groups is 2. The molecule has 0 bridgehead atoms. The third-order valence-corrected chi connectivity index (χ3v) is 4.58. The van der Waals surface area contributed by atoms with Crippen LogP contribution in [-0.4, -0.2) is 53.7 Å². The molecule has 6 nitrogen and oxygen atoms in total. The molecule has 2 heterocycles. The van der Waals surface area contributed by atoms with Gasteiger partial charge in [0, 0.05) is 26.3 Å². The second-order valence-electron chi connectivity index (χ2n) is 5.68. The highest BCUT2D eigenvalue weighted by molar-refractivity contribution is 5.87. The van der Waals surface area contributed by atoms with Crippen molar-refractivity contribution in [2.24, 2.45) is 11.1 Å². The maximum absolute atomic E-state index is 12.5. The number of carboxylic acid groups (broad SMARTS) is 1. The van der Waals surface area contributed by atoms with Crippen LogP contribution in [0, 0.1) is 5.41 Å². The van der Waals surface area contributed by atoms with E-state index in [4.69, 9.17) is 10.5 Å². The molecule has 1 amide bonds. The normalized spacial score (nSPS) is 30.3. The van der Waals surface area contributed by atoms with Crippen molar-refractivity contribution >= 4 is 11.9 Å². The van der Waals surface area contributed by atoms with E-state index in [-0.39, 0.29) is 12.5 Å². The Morgan fingerprint density at radius 2 is 1.95 bits per heavy atom. The predicted octanol–water partition coefficient (Wildman–Crippen LogP) is 0.208. The molecule has 19 heavy (non-hydrogen) atoms. The van der Waals surface area contributed by atoms with Crippen LogP contribution < -0.4 is 5.73 Å². The van der Waals surface area contributed by atoms with Crippen molar-refractivity contribution in [1.82, 2.24) is 4.90 Å². The fourth-order valence-electron chi connectivity index (χ4n) is 2.92. The van der Waals surface area contributed by atoms with Crippen LogP contribution in [0.2, 0.25) is 0 Å². The number of hydrogen-bond donors (Lipinski definition) is 2. The number of nitrogens with zero attached hydrogens (tertiary/aromatic N) is 1. The minimum Gasteiger partial charge on any atom is -0.481 e. The van der Waals surface area contributed by atoms with Gasteiger partial charge in [-0.3, -0.25) is 9.59 Å². The van der Waals surface area contributed by atoms with Crippen LogP contribution in [0.4, 0.5) is 0 Å². The van der Waals surface area contributed by atoms with Crippen LogP contribution in [0.1, 0.15) is 32.6 Å². The zero-order valence-electron chi connectivity index (χ0n) is 11.4. The molecule has 0 saturated carbocycles. The third-order valence-electron chi connectivity index (χ3n) is 4.58. The Morgan fingerprint density at radius 3 is 2.42 bits per heavy atom. The smallest absolute Gasteiger partial charge is 0.311 e. The number of nitrogens with two attached hydrogens (primary N) is 1. The number of likely N-dealkylation sites (tertiary alicyclic amines) is 1. The van der Waals surface area contributed by atoms with Gasteiger partial charge in [0.05, 0.1) is 11.0 Å². The first-order valence-corrected chi connectivity index (χ1v) is 6.83. The first-order chi connectivity index (χ1) is 8.93. The summed E-state index contributed by atoms with van der Waals surface area (Å²) in [6, 6.07) is 0. The van der Waals surface area contributed by atoms with Crippen molar-refractivity contribution in [3.05, 3.63) is 0 Å². The molecule has 2 fully saturated rings. The SMILES string of the molecule is CCC1(C(=O)O)CCN(C(=O)C2(N)CCOCC2)C1. The first kappa shape index (κ1) is 14.3. The fourth-order valence-corrected chi connectivity index (χ4v) is 2.92. The monoisotopic (exact) mass is 270 g/mol. The molecule has 2 saturated heterocycles. The Bertz CT molecular complexity index is 379. The highest BCUT2D eigenvalue weighted by Crippen LogP contribution is 2.35. The maximum atomic E-state index is 12.5. The van der Waals surface area contributed by atoms with Gasteiger partial charge in [0.15, 0.2) is 0 Å². The largest absolute Gasteiger partial charge is 0.481 e. The van der Waals surface area contributed by atoms with Gasteiger partial charge in [-0.05, 0) is 25.7 Å². The summed E-state index contributed by atoms with van der Waals surface area (Å²) >= 11 is 0. The van der Waals surface area contributed by atoms with Crippen molar-refractivity contribution in [2.45, 2.75) is 38.1 Å². The molecule has 1 unspecified atom stereocenters. The Morgan fingerprint density at radius 1 is 1.32 bits per heavy atom. The molecule has 0 aromatic heterocycles. The van der Waals surface area contributed by atoms with E-state index in [1.165, 1.54) is 0 Å². The van der Waals surface area contributed by atoms with Gasteiger partial charge in [0.25, 0.3) is 0 Å². The van der Waals surface area contributed by atoms with E-state index in [9.17, 15) is 14.7 Å². The van der Waals surface area contributed by atoms with Gasteiger partial charge in [-0.25, -0.2) is 0 Å². The lowest BCUT2D eigenvalue weighted by Crippen LogP contribution is -2.58. The summed E-state index contributed by atoms with van der Waals surface area (Å²) in [7, 11) is 0. The Kier molecular flexibility index (Phi) is 3.82. The zero-order chi connectivity index (χ0) is 14.1. The Hall–Kier alpha value is -1.14. The topological polar surface area (TPSA) is 92.9 Å². The average Bonchev–Trinajstić information content (AvgIpc) is 2.84.